The molecule has 0 amide bonds. The van der Waals surface area contributed by atoms with Crippen molar-refractivity contribution in [3.05, 3.63) is 30.5 Å². The van der Waals surface area contributed by atoms with Gasteiger partial charge in [-0.3, -0.25) is 4.98 Å². The van der Waals surface area contributed by atoms with Crippen molar-refractivity contribution in [3.8, 4) is 0 Å². The highest BCUT2D eigenvalue weighted by Gasteiger charge is 2.04. The van der Waals surface area contributed by atoms with Gasteiger partial charge in [0.1, 0.15) is 5.82 Å². The van der Waals surface area contributed by atoms with Crippen LogP contribution in [-0.4, -0.2) is 41.5 Å². The Balaban J connectivity index is 2.03. The maximum atomic E-state index is 4.56. The summed E-state index contributed by atoms with van der Waals surface area (Å²) in [5.74, 6) is 0.847. The molecular formula is C14H20N4. The van der Waals surface area contributed by atoms with Gasteiger partial charge in [0, 0.05) is 6.04 Å². The average molecular weight is 244 g/mol. The number of nitrogens with zero attached hydrogens (tertiary/aromatic N) is 3. The highest BCUT2D eigenvalue weighted by molar-refractivity contribution is 5.75. The third-order valence-corrected chi connectivity index (χ3v) is 2.85. The van der Waals surface area contributed by atoms with Crippen LogP contribution in [0.4, 0.5) is 5.82 Å². The fraction of sp³-hybridized carbons (Fsp3) is 0.429. The Bertz CT molecular complexity index is 510. The van der Waals surface area contributed by atoms with Crippen molar-refractivity contribution in [2.24, 2.45) is 0 Å². The van der Waals surface area contributed by atoms with Crippen molar-refractivity contribution in [1.29, 1.82) is 0 Å². The van der Waals surface area contributed by atoms with Gasteiger partial charge in [-0.1, -0.05) is 12.1 Å². The Morgan fingerprint density at radius 1 is 1.22 bits per heavy atom. The monoisotopic (exact) mass is 244 g/mol. The zero-order valence-electron chi connectivity index (χ0n) is 11.2. The lowest BCUT2D eigenvalue weighted by Crippen LogP contribution is -2.23. The topological polar surface area (TPSA) is 41.0 Å². The normalized spacial score (nSPS) is 12.9. The van der Waals surface area contributed by atoms with Gasteiger partial charge >= 0.3 is 0 Å². The van der Waals surface area contributed by atoms with Crippen LogP contribution in [0.5, 0.6) is 0 Å². The summed E-state index contributed by atoms with van der Waals surface area (Å²) in [4.78, 5) is 11.1. The third kappa shape index (κ3) is 3.40. The lowest BCUT2D eigenvalue weighted by molar-refractivity contribution is 0.390. The molecule has 1 atom stereocenters. The van der Waals surface area contributed by atoms with E-state index in [1.54, 1.807) is 6.20 Å². The Labute approximate surface area is 108 Å². The second kappa shape index (κ2) is 5.78. The summed E-state index contributed by atoms with van der Waals surface area (Å²) in [6.07, 6.45) is 2.88. The van der Waals surface area contributed by atoms with Crippen LogP contribution in [0.3, 0.4) is 0 Å². The van der Waals surface area contributed by atoms with E-state index in [0.29, 0.717) is 6.04 Å². The first-order chi connectivity index (χ1) is 8.65. The maximum absolute atomic E-state index is 4.56. The fourth-order valence-corrected chi connectivity index (χ4v) is 1.80. The van der Waals surface area contributed by atoms with E-state index in [-0.39, 0.29) is 0 Å². The van der Waals surface area contributed by atoms with Crippen molar-refractivity contribution in [1.82, 2.24) is 14.9 Å². The first-order valence-electron chi connectivity index (χ1n) is 6.28. The molecule has 0 saturated heterocycles. The number of benzene rings is 1. The zero-order valence-corrected chi connectivity index (χ0v) is 11.2. The van der Waals surface area contributed by atoms with Crippen LogP contribution < -0.4 is 5.32 Å². The molecule has 0 bridgehead atoms. The maximum Gasteiger partial charge on any atom is 0.145 e. The molecule has 0 radical (unpaired) electrons. The molecule has 0 spiro atoms. The van der Waals surface area contributed by atoms with Gasteiger partial charge in [0.15, 0.2) is 0 Å². The van der Waals surface area contributed by atoms with Crippen molar-refractivity contribution in [3.63, 3.8) is 0 Å². The highest BCUT2D eigenvalue weighted by atomic mass is 15.1. The van der Waals surface area contributed by atoms with Crippen LogP contribution in [0.2, 0.25) is 0 Å². The Hall–Kier alpha value is -1.68. The van der Waals surface area contributed by atoms with E-state index in [9.17, 15) is 0 Å². The number of hydrogen-bond acceptors (Lipinski definition) is 4. The molecule has 1 heterocycles. The quantitative estimate of drug-likeness (QED) is 0.876. The van der Waals surface area contributed by atoms with Gasteiger partial charge in [-0.15, -0.1) is 0 Å². The SMILES string of the molecule is CC(CCN(C)C)Nc1cnc2ccccc2n1. The second-order valence-corrected chi connectivity index (χ2v) is 4.88. The van der Waals surface area contributed by atoms with Crippen molar-refractivity contribution in [2.75, 3.05) is 26.0 Å². The number of para-hydroxylation sites is 2. The first kappa shape index (κ1) is 12.8. The van der Waals surface area contributed by atoms with Crippen molar-refractivity contribution < 1.29 is 0 Å². The van der Waals surface area contributed by atoms with Crippen molar-refractivity contribution >= 4 is 16.9 Å². The van der Waals surface area contributed by atoms with Crippen LogP contribution in [-0.2, 0) is 0 Å². The Kier molecular flexibility index (Phi) is 4.10. The molecule has 0 aliphatic rings. The average Bonchev–Trinajstić information content (AvgIpc) is 2.36. The smallest absolute Gasteiger partial charge is 0.145 e. The molecule has 2 rings (SSSR count). The number of aromatic nitrogens is 2. The molecule has 1 unspecified atom stereocenters. The minimum Gasteiger partial charge on any atom is -0.366 e. The van der Waals surface area contributed by atoms with Gasteiger partial charge in [-0.25, -0.2) is 4.98 Å². The van der Waals surface area contributed by atoms with Crippen LogP contribution in [0.15, 0.2) is 30.5 Å². The molecule has 18 heavy (non-hydrogen) atoms. The van der Waals surface area contributed by atoms with E-state index in [1.807, 2.05) is 24.3 Å². The molecule has 1 N–H and O–H groups in total. The standard InChI is InChI=1S/C14H20N4/c1-11(8-9-18(2)3)16-14-10-15-12-6-4-5-7-13(12)17-14/h4-7,10-11H,8-9H2,1-3H3,(H,16,17). The molecule has 96 valence electrons. The minimum atomic E-state index is 0.392. The summed E-state index contributed by atoms with van der Waals surface area (Å²) in [6, 6.07) is 8.31. The van der Waals surface area contributed by atoms with E-state index in [2.05, 4.69) is 41.2 Å². The Morgan fingerprint density at radius 2 is 1.94 bits per heavy atom. The molecule has 0 saturated carbocycles. The molecule has 0 aliphatic heterocycles. The van der Waals surface area contributed by atoms with Crippen LogP contribution in [0.25, 0.3) is 11.0 Å². The summed E-state index contributed by atoms with van der Waals surface area (Å²) >= 11 is 0. The predicted molar refractivity (Wildman–Crippen MR) is 75.8 cm³/mol. The molecule has 2 aromatic rings. The summed E-state index contributed by atoms with van der Waals surface area (Å²) in [7, 11) is 4.17. The number of hydrogen-bond donors (Lipinski definition) is 1. The van der Waals surface area contributed by atoms with Gasteiger partial charge < -0.3 is 10.2 Å². The molecule has 1 aromatic carbocycles. The van der Waals surface area contributed by atoms with Gasteiger partial charge in [0.25, 0.3) is 0 Å². The molecule has 4 nitrogen and oxygen atoms in total. The van der Waals surface area contributed by atoms with Crippen LogP contribution >= 0.6 is 0 Å². The summed E-state index contributed by atoms with van der Waals surface area (Å²) < 4.78 is 0. The van der Waals surface area contributed by atoms with Gasteiger partial charge in [0.05, 0.1) is 17.2 Å². The fourth-order valence-electron chi connectivity index (χ4n) is 1.80. The number of nitrogens with one attached hydrogen (secondary N) is 1. The second-order valence-electron chi connectivity index (χ2n) is 4.88. The summed E-state index contributed by atoms with van der Waals surface area (Å²) in [6.45, 7) is 3.23. The largest absolute Gasteiger partial charge is 0.366 e. The first-order valence-corrected chi connectivity index (χ1v) is 6.28. The van der Waals surface area contributed by atoms with Crippen LogP contribution in [0.1, 0.15) is 13.3 Å². The molecule has 4 heteroatoms. The van der Waals surface area contributed by atoms with E-state index >= 15 is 0 Å². The van der Waals surface area contributed by atoms with E-state index in [4.69, 9.17) is 0 Å². The lowest BCUT2D eigenvalue weighted by atomic mass is 10.2. The van der Waals surface area contributed by atoms with Gasteiger partial charge in [-0.05, 0) is 46.1 Å². The highest BCUT2D eigenvalue weighted by Crippen LogP contribution is 2.12. The predicted octanol–water partition coefficient (Wildman–Crippen LogP) is 2.38. The minimum absolute atomic E-state index is 0.392. The van der Waals surface area contributed by atoms with Crippen LogP contribution in [0, 0.1) is 0 Å². The third-order valence-electron chi connectivity index (χ3n) is 2.85. The van der Waals surface area contributed by atoms with E-state index in [1.165, 1.54) is 0 Å². The number of anilines is 1. The van der Waals surface area contributed by atoms with E-state index < -0.39 is 0 Å². The zero-order chi connectivity index (χ0) is 13.0. The lowest BCUT2D eigenvalue weighted by Gasteiger charge is -2.17. The molecule has 1 aromatic heterocycles. The van der Waals surface area contributed by atoms with Gasteiger partial charge in [0.2, 0.25) is 0 Å². The molecule has 0 aliphatic carbocycles. The summed E-state index contributed by atoms with van der Waals surface area (Å²) in [5, 5.41) is 3.39. The molecular weight excluding hydrogens is 224 g/mol. The van der Waals surface area contributed by atoms with Gasteiger partial charge in [-0.2, -0.15) is 0 Å². The number of fused-ring (bicyclic) bond motifs is 1. The Morgan fingerprint density at radius 3 is 2.67 bits per heavy atom. The van der Waals surface area contributed by atoms with Crippen molar-refractivity contribution in [2.45, 2.75) is 19.4 Å². The molecule has 0 fully saturated rings. The van der Waals surface area contributed by atoms with E-state index in [0.717, 1.165) is 29.8 Å². The number of rotatable bonds is 5. The summed E-state index contributed by atoms with van der Waals surface area (Å²) in [5.41, 5.74) is 1.87.